The molecule has 0 aromatic heterocycles. The highest BCUT2D eigenvalue weighted by Gasteiger charge is 2.17. The van der Waals surface area contributed by atoms with Gasteiger partial charge in [0.15, 0.2) is 9.84 Å². The van der Waals surface area contributed by atoms with Crippen LogP contribution in [0.5, 0.6) is 5.75 Å². The number of alkyl halides is 1. The average molecular weight is 278 g/mol. The number of sulfone groups is 1. The number of methoxy groups -OCH3 is 1. The molecule has 96 valence electrons. The lowest BCUT2D eigenvalue weighted by Gasteiger charge is -2.09. The van der Waals surface area contributed by atoms with Crippen molar-refractivity contribution in [3.05, 3.63) is 24.3 Å². The van der Waals surface area contributed by atoms with Gasteiger partial charge in [0, 0.05) is 12.2 Å². The van der Waals surface area contributed by atoms with Crippen molar-refractivity contribution in [1.82, 2.24) is 0 Å². The summed E-state index contributed by atoms with van der Waals surface area (Å²) in [4.78, 5) is 0. The first kappa shape index (κ1) is 14.1. The molecule has 1 atom stereocenters. The number of hydrogen-bond donors (Lipinski definition) is 1. The Hall–Kier alpha value is -0.940. The van der Waals surface area contributed by atoms with E-state index in [-0.39, 0.29) is 5.75 Å². The normalized spacial score (nSPS) is 13.1. The summed E-state index contributed by atoms with van der Waals surface area (Å²) < 4.78 is 27.0. The molecule has 0 saturated heterocycles. The second-order valence-corrected chi connectivity index (χ2v) is 6.92. The van der Waals surface area contributed by atoms with Crippen LogP contribution in [0.2, 0.25) is 0 Å². The first-order valence-electron chi connectivity index (χ1n) is 5.19. The molecule has 0 radical (unpaired) electrons. The van der Waals surface area contributed by atoms with Crippen LogP contribution in [0.1, 0.15) is 6.92 Å². The predicted octanol–water partition coefficient (Wildman–Crippen LogP) is 2.11. The zero-order valence-electron chi connectivity index (χ0n) is 9.81. The molecule has 1 rings (SSSR count). The Morgan fingerprint density at radius 2 is 1.94 bits per heavy atom. The Bertz CT molecular complexity index is 442. The van der Waals surface area contributed by atoms with Crippen molar-refractivity contribution in [2.75, 3.05) is 24.7 Å². The van der Waals surface area contributed by atoms with Crippen LogP contribution in [0.15, 0.2) is 24.3 Å². The molecule has 4 nitrogen and oxygen atoms in total. The SMILES string of the molecule is COc1ccc(NCCS(=O)(=O)C(C)Cl)cc1. The fourth-order valence-electron chi connectivity index (χ4n) is 1.21. The van der Waals surface area contributed by atoms with Crippen LogP contribution in [-0.4, -0.2) is 32.5 Å². The van der Waals surface area contributed by atoms with Crippen LogP contribution in [0, 0.1) is 0 Å². The standard InChI is InChI=1S/C11H16ClNO3S/c1-9(12)17(14,15)8-7-13-10-3-5-11(16-2)6-4-10/h3-6,9,13H,7-8H2,1-2H3. The Morgan fingerprint density at radius 3 is 2.41 bits per heavy atom. The van der Waals surface area contributed by atoms with E-state index in [4.69, 9.17) is 16.3 Å². The molecule has 0 amide bonds. The van der Waals surface area contributed by atoms with Gasteiger partial charge in [0.2, 0.25) is 0 Å². The zero-order valence-corrected chi connectivity index (χ0v) is 11.4. The van der Waals surface area contributed by atoms with E-state index in [1.165, 1.54) is 6.92 Å². The van der Waals surface area contributed by atoms with Gasteiger partial charge in [0.25, 0.3) is 0 Å². The maximum atomic E-state index is 11.4. The van der Waals surface area contributed by atoms with Gasteiger partial charge in [-0.1, -0.05) is 0 Å². The van der Waals surface area contributed by atoms with Gasteiger partial charge in [-0.05, 0) is 31.2 Å². The van der Waals surface area contributed by atoms with E-state index in [2.05, 4.69) is 5.32 Å². The van der Waals surface area contributed by atoms with Gasteiger partial charge in [-0.25, -0.2) is 8.42 Å². The van der Waals surface area contributed by atoms with Crippen molar-refractivity contribution in [3.8, 4) is 5.75 Å². The van der Waals surface area contributed by atoms with Gasteiger partial charge in [-0.3, -0.25) is 0 Å². The van der Waals surface area contributed by atoms with Crippen molar-refractivity contribution in [3.63, 3.8) is 0 Å². The summed E-state index contributed by atoms with van der Waals surface area (Å²) in [5, 5.41) is 3.01. The summed E-state index contributed by atoms with van der Waals surface area (Å²) >= 11 is 5.56. The summed E-state index contributed by atoms with van der Waals surface area (Å²) in [7, 11) is -1.61. The van der Waals surface area contributed by atoms with E-state index >= 15 is 0 Å². The number of nitrogens with one attached hydrogen (secondary N) is 1. The third kappa shape index (κ3) is 4.44. The summed E-state index contributed by atoms with van der Waals surface area (Å²) in [6.07, 6.45) is 0. The van der Waals surface area contributed by atoms with Gasteiger partial charge >= 0.3 is 0 Å². The molecule has 0 bridgehead atoms. The second kappa shape index (κ2) is 6.12. The highest BCUT2D eigenvalue weighted by Crippen LogP contribution is 2.15. The summed E-state index contributed by atoms with van der Waals surface area (Å²) in [5.41, 5.74) is 0.850. The number of anilines is 1. The smallest absolute Gasteiger partial charge is 0.168 e. The maximum Gasteiger partial charge on any atom is 0.168 e. The van der Waals surface area contributed by atoms with E-state index < -0.39 is 14.5 Å². The molecular formula is C11H16ClNO3S. The molecule has 17 heavy (non-hydrogen) atoms. The highest BCUT2D eigenvalue weighted by molar-refractivity contribution is 7.93. The summed E-state index contributed by atoms with van der Waals surface area (Å²) in [6.45, 7) is 1.80. The zero-order chi connectivity index (χ0) is 12.9. The van der Waals surface area contributed by atoms with Gasteiger partial charge in [0.1, 0.15) is 10.5 Å². The molecule has 6 heteroatoms. The van der Waals surface area contributed by atoms with Crippen LogP contribution in [-0.2, 0) is 9.84 Å². The van der Waals surface area contributed by atoms with Crippen LogP contribution in [0.4, 0.5) is 5.69 Å². The summed E-state index contributed by atoms with van der Waals surface area (Å²) in [6, 6.07) is 7.27. The largest absolute Gasteiger partial charge is 0.497 e. The molecule has 0 aliphatic heterocycles. The monoisotopic (exact) mass is 277 g/mol. The fourth-order valence-corrected chi connectivity index (χ4v) is 2.19. The molecule has 0 aliphatic carbocycles. The minimum atomic E-state index is -3.20. The Morgan fingerprint density at radius 1 is 1.35 bits per heavy atom. The van der Waals surface area contributed by atoms with E-state index in [1.807, 2.05) is 12.1 Å². The van der Waals surface area contributed by atoms with Crippen LogP contribution >= 0.6 is 11.6 Å². The van der Waals surface area contributed by atoms with E-state index in [0.717, 1.165) is 11.4 Å². The minimum Gasteiger partial charge on any atom is -0.497 e. The third-order valence-corrected chi connectivity index (χ3v) is 4.88. The van der Waals surface area contributed by atoms with E-state index in [9.17, 15) is 8.42 Å². The second-order valence-electron chi connectivity index (χ2n) is 3.57. The lowest BCUT2D eigenvalue weighted by atomic mass is 10.3. The molecule has 0 fully saturated rings. The Kier molecular flexibility index (Phi) is 5.08. The molecule has 1 N–H and O–H groups in total. The molecule has 1 aromatic rings. The number of ether oxygens (including phenoxy) is 1. The Balaban J connectivity index is 2.46. The maximum absolute atomic E-state index is 11.4. The topological polar surface area (TPSA) is 55.4 Å². The van der Waals surface area contributed by atoms with Crippen molar-refractivity contribution in [1.29, 1.82) is 0 Å². The number of hydrogen-bond acceptors (Lipinski definition) is 4. The third-order valence-electron chi connectivity index (χ3n) is 2.30. The first-order chi connectivity index (χ1) is 7.95. The molecule has 0 aliphatic rings. The van der Waals surface area contributed by atoms with Crippen molar-refractivity contribution in [2.45, 2.75) is 11.6 Å². The Labute approximate surface area is 107 Å². The van der Waals surface area contributed by atoms with Gasteiger partial charge in [-0.15, -0.1) is 11.6 Å². The van der Waals surface area contributed by atoms with Crippen molar-refractivity contribution >= 4 is 27.1 Å². The average Bonchev–Trinajstić information content (AvgIpc) is 2.29. The predicted molar refractivity (Wildman–Crippen MR) is 70.6 cm³/mol. The molecule has 0 spiro atoms. The quantitative estimate of drug-likeness (QED) is 0.809. The molecule has 1 aromatic carbocycles. The molecule has 1 unspecified atom stereocenters. The molecule has 0 saturated carbocycles. The first-order valence-corrected chi connectivity index (χ1v) is 7.34. The summed E-state index contributed by atoms with van der Waals surface area (Å²) in [5.74, 6) is 0.779. The van der Waals surface area contributed by atoms with Gasteiger partial charge in [-0.2, -0.15) is 0 Å². The van der Waals surface area contributed by atoms with E-state index in [0.29, 0.717) is 6.54 Å². The highest BCUT2D eigenvalue weighted by atomic mass is 35.5. The van der Waals surface area contributed by atoms with Gasteiger partial charge < -0.3 is 10.1 Å². The fraction of sp³-hybridized carbons (Fsp3) is 0.455. The number of benzene rings is 1. The minimum absolute atomic E-state index is 0.0176. The van der Waals surface area contributed by atoms with E-state index in [1.54, 1.807) is 19.2 Å². The van der Waals surface area contributed by atoms with Crippen LogP contribution in [0.3, 0.4) is 0 Å². The van der Waals surface area contributed by atoms with Gasteiger partial charge in [0.05, 0.1) is 12.9 Å². The van der Waals surface area contributed by atoms with Crippen LogP contribution < -0.4 is 10.1 Å². The number of rotatable bonds is 6. The van der Waals surface area contributed by atoms with Crippen LogP contribution in [0.25, 0.3) is 0 Å². The molecule has 0 heterocycles. The van der Waals surface area contributed by atoms with Crippen molar-refractivity contribution in [2.24, 2.45) is 0 Å². The van der Waals surface area contributed by atoms with Crippen molar-refractivity contribution < 1.29 is 13.2 Å². The lowest BCUT2D eigenvalue weighted by molar-refractivity contribution is 0.415. The number of halogens is 1. The lowest BCUT2D eigenvalue weighted by Crippen LogP contribution is -2.21. The molecular weight excluding hydrogens is 262 g/mol.